The van der Waals surface area contributed by atoms with Crippen LogP contribution in [0.2, 0.25) is 0 Å². The highest BCUT2D eigenvalue weighted by atomic mass is 19.4. The molecule has 2 N–H and O–H groups in total. The van der Waals surface area contributed by atoms with E-state index in [0.717, 1.165) is 18.2 Å². The number of carbonyl (C=O) groups is 1. The quantitative estimate of drug-likeness (QED) is 0.671. The van der Waals surface area contributed by atoms with E-state index in [1.54, 1.807) is 0 Å². The number of esters is 1. The van der Waals surface area contributed by atoms with Gasteiger partial charge in [-0.25, -0.2) is 4.79 Å². The van der Waals surface area contributed by atoms with Gasteiger partial charge in [0.2, 0.25) is 5.88 Å². The Hall–Kier alpha value is -2.51. The molecule has 0 amide bonds. The second kappa shape index (κ2) is 4.63. The number of nitrogens with zero attached hydrogens (tertiary/aromatic N) is 1. The van der Waals surface area contributed by atoms with Crippen LogP contribution in [0.3, 0.4) is 0 Å². The number of nitrogen functional groups attached to an aromatic ring is 1. The van der Waals surface area contributed by atoms with Crippen molar-refractivity contribution in [3.05, 3.63) is 41.6 Å². The molecule has 1 aromatic carbocycles. The van der Waals surface area contributed by atoms with Crippen LogP contribution in [0.15, 0.2) is 34.9 Å². The normalized spacial score (nSPS) is 11.3. The van der Waals surface area contributed by atoms with Crippen LogP contribution in [-0.4, -0.2) is 11.1 Å². The smallest absolute Gasteiger partial charge is 0.419 e. The molecule has 0 fully saturated rings. The van der Waals surface area contributed by atoms with Gasteiger partial charge in [-0.2, -0.15) is 13.2 Å². The Morgan fingerprint density at radius 3 is 2.58 bits per heavy atom. The molecule has 0 bridgehead atoms. The zero-order valence-electron chi connectivity index (χ0n) is 9.27. The molecule has 0 saturated carbocycles. The minimum absolute atomic E-state index is 0.143. The highest BCUT2D eigenvalue weighted by molar-refractivity contribution is 5.89. The van der Waals surface area contributed by atoms with Gasteiger partial charge < -0.3 is 15.0 Å². The molecule has 0 unspecified atom stereocenters. The first-order valence-corrected chi connectivity index (χ1v) is 4.98. The Balaban J connectivity index is 2.27. The number of alkyl halides is 3. The molecule has 0 radical (unpaired) electrons. The Morgan fingerprint density at radius 1 is 1.32 bits per heavy atom. The zero-order valence-corrected chi connectivity index (χ0v) is 9.27. The van der Waals surface area contributed by atoms with Crippen molar-refractivity contribution in [1.82, 2.24) is 5.16 Å². The molecule has 0 spiro atoms. The molecule has 19 heavy (non-hydrogen) atoms. The van der Waals surface area contributed by atoms with Crippen LogP contribution in [0.5, 0.6) is 5.75 Å². The maximum Gasteiger partial charge on any atom is 0.419 e. The van der Waals surface area contributed by atoms with Crippen molar-refractivity contribution < 1.29 is 27.2 Å². The molecule has 2 aromatic rings. The summed E-state index contributed by atoms with van der Waals surface area (Å²) in [5.74, 6) is -1.84. The van der Waals surface area contributed by atoms with Crippen LogP contribution in [0, 0.1) is 0 Å². The lowest BCUT2D eigenvalue weighted by Gasteiger charge is -2.11. The highest BCUT2D eigenvalue weighted by Gasteiger charge is 2.34. The van der Waals surface area contributed by atoms with Crippen molar-refractivity contribution in [3.63, 3.8) is 0 Å². The van der Waals surface area contributed by atoms with Crippen LogP contribution < -0.4 is 10.5 Å². The van der Waals surface area contributed by atoms with E-state index in [2.05, 4.69) is 14.4 Å². The fraction of sp³-hybridized carbons (Fsp3) is 0.0909. The minimum Gasteiger partial charge on any atom is -0.421 e. The predicted molar refractivity (Wildman–Crippen MR) is 57.3 cm³/mol. The van der Waals surface area contributed by atoms with Gasteiger partial charge in [0, 0.05) is 6.07 Å². The topological polar surface area (TPSA) is 78.4 Å². The average molecular weight is 272 g/mol. The van der Waals surface area contributed by atoms with E-state index in [1.165, 1.54) is 12.1 Å². The number of carbonyl (C=O) groups excluding carboxylic acids is 1. The van der Waals surface area contributed by atoms with E-state index in [4.69, 9.17) is 5.73 Å². The summed E-state index contributed by atoms with van der Waals surface area (Å²) in [5, 5.41) is 3.25. The van der Waals surface area contributed by atoms with Crippen molar-refractivity contribution in [3.8, 4) is 5.75 Å². The lowest BCUT2D eigenvalue weighted by atomic mass is 10.2. The number of hydrogen-bond acceptors (Lipinski definition) is 5. The van der Waals surface area contributed by atoms with Crippen LogP contribution in [-0.2, 0) is 6.18 Å². The first kappa shape index (κ1) is 12.9. The number of ether oxygens (including phenoxy) is 1. The van der Waals surface area contributed by atoms with Crippen LogP contribution >= 0.6 is 0 Å². The summed E-state index contributed by atoms with van der Waals surface area (Å²) in [6, 6.07) is 5.39. The van der Waals surface area contributed by atoms with Crippen molar-refractivity contribution in [1.29, 1.82) is 0 Å². The van der Waals surface area contributed by atoms with Gasteiger partial charge in [-0.1, -0.05) is 17.3 Å². The third kappa shape index (κ3) is 2.84. The Morgan fingerprint density at radius 2 is 2.00 bits per heavy atom. The molecule has 8 heteroatoms. The van der Waals surface area contributed by atoms with Gasteiger partial charge in [0.15, 0.2) is 5.69 Å². The van der Waals surface area contributed by atoms with Crippen LogP contribution in [0.4, 0.5) is 19.1 Å². The monoisotopic (exact) mass is 272 g/mol. The number of para-hydroxylation sites is 1. The second-order valence-electron chi connectivity index (χ2n) is 3.50. The fourth-order valence-corrected chi connectivity index (χ4v) is 1.33. The van der Waals surface area contributed by atoms with E-state index in [1.807, 2.05) is 0 Å². The van der Waals surface area contributed by atoms with Gasteiger partial charge in [0.25, 0.3) is 0 Å². The standard InChI is InChI=1S/C11H7F3N2O3/c12-11(13,14)6-3-1-2-4-8(6)18-10(17)7-5-9(15)19-16-7/h1-5H,15H2. The molecule has 0 aliphatic carbocycles. The summed E-state index contributed by atoms with van der Waals surface area (Å²) < 4.78 is 47.0. The number of aromatic nitrogens is 1. The molecule has 0 atom stereocenters. The lowest BCUT2D eigenvalue weighted by molar-refractivity contribution is -0.138. The zero-order chi connectivity index (χ0) is 14.0. The number of benzene rings is 1. The maximum absolute atomic E-state index is 12.7. The molecular formula is C11H7F3N2O3. The second-order valence-corrected chi connectivity index (χ2v) is 3.50. The third-order valence-corrected chi connectivity index (χ3v) is 2.13. The largest absolute Gasteiger partial charge is 0.421 e. The summed E-state index contributed by atoms with van der Waals surface area (Å²) in [7, 11) is 0. The molecule has 1 aromatic heterocycles. The first-order valence-electron chi connectivity index (χ1n) is 4.98. The fourth-order valence-electron chi connectivity index (χ4n) is 1.33. The Bertz CT molecular complexity index is 607. The van der Waals surface area contributed by atoms with Crippen molar-refractivity contribution in [2.75, 3.05) is 5.73 Å². The summed E-state index contributed by atoms with van der Waals surface area (Å²) in [4.78, 5) is 11.5. The van der Waals surface area contributed by atoms with Crippen LogP contribution in [0.25, 0.3) is 0 Å². The van der Waals surface area contributed by atoms with Crippen LogP contribution in [0.1, 0.15) is 16.1 Å². The number of anilines is 1. The van der Waals surface area contributed by atoms with Gasteiger partial charge in [-0.3, -0.25) is 0 Å². The predicted octanol–water partition coefficient (Wildman–Crippen LogP) is 2.49. The summed E-state index contributed by atoms with van der Waals surface area (Å²) in [5.41, 5.74) is 3.83. The van der Waals surface area contributed by atoms with Crippen molar-refractivity contribution in [2.45, 2.75) is 6.18 Å². The summed E-state index contributed by atoms with van der Waals surface area (Å²) in [6.45, 7) is 0. The number of nitrogens with two attached hydrogens (primary N) is 1. The molecule has 100 valence electrons. The Labute approximate surface area is 104 Å². The maximum atomic E-state index is 12.7. The molecule has 0 aliphatic heterocycles. The van der Waals surface area contributed by atoms with Gasteiger partial charge in [0.05, 0.1) is 5.56 Å². The Kier molecular flexibility index (Phi) is 3.16. The molecule has 0 saturated heterocycles. The van der Waals surface area contributed by atoms with Gasteiger partial charge in [-0.15, -0.1) is 0 Å². The molecule has 0 aliphatic rings. The molecule has 1 heterocycles. The van der Waals surface area contributed by atoms with Crippen molar-refractivity contribution in [2.24, 2.45) is 0 Å². The average Bonchev–Trinajstić information content (AvgIpc) is 2.75. The third-order valence-electron chi connectivity index (χ3n) is 2.13. The van der Waals surface area contributed by atoms with E-state index >= 15 is 0 Å². The van der Waals surface area contributed by atoms with E-state index in [0.29, 0.717) is 0 Å². The van der Waals surface area contributed by atoms with Gasteiger partial charge >= 0.3 is 12.1 Å². The molecular weight excluding hydrogens is 265 g/mol. The lowest BCUT2D eigenvalue weighted by Crippen LogP contribution is -2.13. The molecule has 2 rings (SSSR count). The number of hydrogen-bond donors (Lipinski definition) is 1. The van der Waals surface area contributed by atoms with E-state index in [-0.39, 0.29) is 11.6 Å². The number of rotatable bonds is 2. The van der Waals surface area contributed by atoms with E-state index < -0.39 is 23.5 Å². The first-order chi connectivity index (χ1) is 8.88. The SMILES string of the molecule is Nc1cc(C(=O)Oc2ccccc2C(F)(F)F)no1. The summed E-state index contributed by atoms with van der Waals surface area (Å²) in [6.07, 6.45) is -4.63. The van der Waals surface area contributed by atoms with Gasteiger partial charge in [0.1, 0.15) is 5.75 Å². The van der Waals surface area contributed by atoms with Crippen molar-refractivity contribution >= 4 is 11.9 Å². The number of halogens is 3. The highest BCUT2D eigenvalue weighted by Crippen LogP contribution is 2.36. The minimum atomic E-state index is -4.63. The van der Waals surface area contributed by atoms with E-state index in [9.17, 15) is 18.0 Å². The van der Waals surface area contributed by atoms with Gasteiger partial charge in [-0.05, 0) is 12.1 Å². The summed E-state index contributed by atoms with van der Waals surface area (Å²) >= 11 is 0. The molecule has 5 nitrogen and oxygen atoms in total.